The highest BCUT2D eigenvalue weighted by Gasteiger charge is 2.34. The molecule has 3 heterocycles. The first-order chi connectivity index (χ1) is 17.0. The van der Waals surface area contributed by atoms with Gasteiger partial charge in [-0.05, 0) is 51.3 Å². The number of anilines is 1. The van der Waals surface area contributed by atoms with Crippen molar-refractivity contribution in [1.29, 1.82) is 0 Å². The quantitative estimate of drug-likeness (QED) is 0.428. The van der Waals surface area contributed by atoms with Crippen LogP contribution in [-0.4, -0.2) is 47.3 Å². The van der Waals surface area contributed by atoms with Crippen molar-refractivity contribution in [1.82, 2.24) is 24.6 Å². The number of aromatic nitrogens is 4. The fourth-order valence-corrected chi connectivity index (χ4v) is 4.28. The fourth-order valence-electron chi connectivity index (χ4n) is 4.28. The number of carbonyl (C=O) groups is 1. The number of aliphatic hydroxyl groups is 1. The molecular weight excluding hydrogens is 459 g/mol. The van der Waals surface area contributed by atoms with Gasteiger partial charge in [0.15, 0.2) is 0 Å². The van der Waals surface area contributed by atoms with Crippen molar-refractivity contribution in [2.75, 3.05) is 5.73 Å². The molecule has 0 aliphatic heterocycles. The number of halogens is 1. The van der Waals surface area contributed by atoms with Crippen molar-refractivity contribution in [3.63, 3.8) is 0 Å². The number of aryl methyl sites for hydroxylation is 2. The summed E-state index contributed by atoms with van der Waals surface area (Å²) < 4.78 is 16.9. The molecule has 1 aliphatic carbocycles. The molecule has 8 nitrogen and oxygen atoms in total. The van der Waals surface area contributed by atoms with Crippen molar-refractivity contribution in [2.24, 2.45) is 7.05 Å². The number of carbonyl (C=O) groups excluding carboxylic acids is 1. The third-order valence-electron chi connectivity index (χ3n) is 6.28. The minimum Gasteiger partial charge on any atom is -0.383 e. The molecule has 0 spiro atoms. The summed E-state index contributed by atoms with van der Waals surface area (Å²) in [5.41, 5.74) is 8.26. The van der Waals surface area contributed by atoms with Crippen LogP contribution in [0, 0.1) is 24.6 Å². The maximum absolute atomic E-state index is 15.2. The molecule has 3 N–H and O–H groups in total. The number of amides is 1. The van der Waals surface area contributed by atoms with Gasteiger partial charge in [0.1, 0.15) is 17.2 Å². The highest BCUT2D eigenvalue weighted by atomic mass is 19.1. The maximum Gasteiger partial charge on any atom is 0.257 e. The van der Waals surface area contributed by atoms with Gasteiger partial charge in [-0.1, -0.05) is 11.8 Å². The van der Waals surface area contributed by atoms with Crippen LogP contribution in [0.2, 0.25) is 0 Å². The molecule has 0 unspecified atom stereocenters. The van der Waals surface area contributed by atoms with E-state index in [0.29, 0.717) is 33.1 Å². The standard InChI is InChI=1S/C27H27FN6O2/c1-15-9-17(30-12-16(15)7-8-27(2,3)36)14-34(18-5-6-18)26(35)19-10-20-23(11-22(19)28)32-25(29)21-13-31-33(4)24(20)21/h9-13,18,36H,5-6,14H2,1-4H3,(H2,29,32). The third-order valence-corrected chi connectivity index (χ3v) is 6.28. The summed E-state index contributed by atoms with van der Waals surface area (Å²) in [6.07, 6.45) is 4.98. The van der Waals surface area contributed by atoms with Crippen molar-refractivity contribution in [2.45, 2.75) is 51.8 Å². The molecule has 0 radical (unpaired) electrons. The van der Waals surface area contributed by atoms with E-state index in [-0.39, 0.29) is 24.0 Å². The Morgan fingerprint density at radius 1 is 1.28 bits per heavy atom. The van der Waals surface area contributed by atoms with E-state index >= 15 is 4.39 Å². The first-order valence-electron chi connectivity index (χ1n) is 11.7. The Bertz CT molecular complexity index is 1590. The molecule has 4 aromatic rings. The molecule has 184 valence electrons. The smallest absolute Gasteiger partial charge is 0.257 e. The monoisotopic (exact) mass is 486 g/mol. The Morgan fingerprint density at radius 2 is 2.03 bits per heavy atom. The molecule has 1 amide bonds. The Hall–Kier alpha value is -4.03. The van der Waals surface area contributed by atoms with Gasteiger partial charge in [0.25, 0.3) is 5.91 Å². The molecule has 1 aromatic carbocycles. The van der Waals surface area contributed by atoms with Crippen molar-refractivity contribution < 1.29 is 14.3 Å². The Labute approximate surface area is 207 Å². The van der Waals surface area contributed by atoms with Crippen molar-refractivity contribution in [3.05, 3.63) is 58.8 Å². The van der Waals surface area contributed by atoms with Crippen LogP contribution < -0.4 is 5.73 Å². The van der Waals surface area contributed by atoms with Crippen LogP contribution in [0.25, 0.3) is 21.8 Å². The Kier molecular flexibility index (Phi) is 5.64. The summed E-state index contributed by atoms with van der Waals surface area (Å²) in [6, 6.07) is 4.71. The summed E-state index contributed by atoms with van der Waals surface area (Å²) in [4.78, 5) is 24.1. The topological polar surface area (TPSA) is 110 Å². The van der Waals surface area contributed by atoms with Crippen LogP contribution in [0.15, 0.2) is 30.6 Å². The number of hydrogen-bond donors (Lipinski definition) is 2. The number of fused-ring (bicyclic) bond motifs is 3. The van der Waals surface area contributed by atoms with E-state index < -0.39 is 17.3 Å². The molecule has 1 aliphatic rings. The highest BCUT2D eigenvalue weighted by Crippen LogP contribution is 2.33. The van der Waals surface area contributed by atoms with Crippen molar-refractivity contribution >= 4 is 33.5 Å². The van der Waals surface area contributed by atoms with Gasteiger partial charge >= 0.3 is 0 Å². The lowest BCUT2D eigenvalue weighted by atomic mass is 10.1. The lowest BCUT2D eigenvalue weighted by molar-refractivity contribution is 0.0723. The zero-order chi connectivity index (χ0) is 25.8. The fraction of sp³-hybridized carbons (Fsp3) is 0.333. The Balaban J connectivity index is 1.50. The van der Waals surface area contributed by atoms with Gasteiger partial charge in [-0.15, -0.1) is 0 Å². The number of rotatable bonds is 4. The van der Waals surface area contributed by atoms with Crippen LogP contribution in [0.4, 0.5) is 10.2 Å². The minimum absolute atomic E-state index is 0.0205. The molecule has 5 rings (SSSR count). The molecular formula is C27H27FN6O2. The highest BCUT2D eigenvalue weighted by molar-refractivity contribution is 6.10. The van der Waals surface area contributed by atoms with Crippen molar-refractivity contribution in [3.8, 4) is 11.8 Å². The van der Waals surface area contributed by atoms with Crippen LogP contribution in [0.1, 0.15) is 53.9 Å². The van der Waals surface area contributed by atoms with E-state index in [4.69, 9.17) is 5.73 Å². The molecule has 0 atom stereocenters. The van der Waals surface area contributed by atoms with Gasteiger partial charge in [0.05, 0.1) is 40.4 Å². The van der Waals surface area contributed by atoms with E-state index in [1.807, 2.05) is 13.0 Å². The molecule has 0 bridgehead atoms. The number of hydrogen-bond acceptors (Lipinski definition) is 6. The number of nitrogens with zero attached hydrogens (tertiary/aromatic N) is 5. The summed E-state index contributed by atoms with van der Waals surface area (Å²) >= 11 is 0. The second-order valence-electron chi connectivity index (χ2n) is 9.84. The van der Waals surface area contributed by atoms with Crippen LogP contribution in [-0.2, 0) is 13.6 Å². The number of pyridine rings is 2. The predicted molar refractivity (Wildman–Crippen MR) is 135 cm³/mol. The first kappa shape index (κ1) is 23.7. The SMILES string of the molecule is Cc1cc(CN(C(=O)c2cc3c(cc2F)nc(N)c2cnn(C)c23)C2CC2)ncc1C#CC(C)(C)O. The minimum atomic E-state index is -1.10. The Morgan fingerprint density at radius 3 is 2.69 bits per heavy atom. The summed E-state index contributed by atoms with van der Waals surface area (Å²) in [6.45, 7) is 5.39. The average Bonchev–Trinajstić information content (AvgIpc) is 3.57. The van der Waals surface area contributed by atoms with Crippen LogP contribution >= 0.6 is 0 Å². The maximum atomic E-state index is 15.2. The van der Waals surface area contributed by atoms with Gasteiger partial charge in [0.2, 0.25) is 0 Å². The van der Waals surface area contributed by atoms with Gasteiger partial charge in [-0.2, -0.15) is 5.10 Å². The number of nitrogen functional groups attached to an aromatic ring is 1. The van der Waals surface area contributed by atoms with Gasteiger partial charge in [-0.25, -0.2) is 9.37 Å². The average molecular weight is 487 g/mol. The predicted octanol–water partition coefficient (Wildman–Crippen LogP) is 3.47. The third kappa shape index (κ3) is 4.48. The zero-order valence-electron chi connectivity index (χ0n) is 20.6. The van der Waals surface area contributed by atoms with Crippen LogP contribution in [0.5, 0.6) is 0 Å². The lowest BCUT2D eigenvalue weighted by Gasteiger charge is -2.23. The van der Waals surface area contributed by atoms with Gasteiger partial charge in [0, 0.05) is 36.3 Å². The van der Waals surface area contributed by atoms with E-state index in [9.17, 15) is 9.90 Å². The zero-order valence-corrected chi connectivity index (χ0v) is 20.6. The normalized spacial score (nSPS) is 13.6. The molecule has 3 aromatic heterocycles. The van der Waals surface area contributed by atoms with E-state index in [1.165, 1.54) is 6.07 Å². The molecule has 1 saturated carbocycles. The molecule has 0 saturated heterocycles. The van der Waals surface area contributed by atoms with E-state index in [0.717, 1.165) is 18.4 Å². The van der Waals surface area contributed by atoms with E-state index in [2.05, 4.69) is 26.9 Å². The lowest BCUT2D eigenvalue weighted by Crippen LogP contribution is -2.33. The number of nitrogens with two attached hydrogens (primary N) is 1. The van der Waals surface area contributed by atoms with Crippen LogP contribution in [0.3, 0.4) is 0 Å². The molecule has 36 heavy (non-hydrogen) atoms. The molecule has 9 heteroatoms. The van der Waals surface area contributed by atoms with E-state index in [1.54, 1.807) is 48.9 Å². The molecule has 1 fully saturated rings. The second-order valence-corrected chi connectivity index (χ2v) is 9.84. The number of benzene rings is 1. The summed E-state index contributed by atoms with van der Waals surface area (Å²) in [7, 11) is 1.77. The first-order valence-corrected chi connectivity index (χ1v) is 11.7. The largest absolute Gasteiger partial charge is 0.383 e. The summed E-state index contributed by atoms with van der Waals surface area (Å²) in [5, 5.41) is 15.4. The summed E-state index contributed by atoms with van der Waals surface area (Å²) in [5.74, 6) is 4.96. The van der Waals surface area contributed by atoms with Gasteiger partial charge in [-0.3, -0.25) is 14.5 Å². The second kappa shape index (κ2) is 8.57. The van der Waals surface area contributed by atoms with Gasteiger partial charge < -0.3 is 15.7 Å².